The molecule has 28 heavy (non-hydrogen) atoms. The van der Waals surface area contributed by atoms with Gasteiger partial charge in [-0.15, -0.1) is 0 Å². The van der Waals surface area contributed by atoms with Crippen molar-refractivity contribution in [2.75, 3.05) is 20.3 Å². The number of hydrogen-bond acceptors (Lipinski definition) is 6. The molecule has 1 amide bonds. The van der Waals surface area contributed by atoms with Crippen molar-refractivity contribution >= 4 is 5.91 Å². The molecule has 0 bridgehead atoms. The average molecular weight is 390 g/mol. The Morgan fingerprint density at radius 3 is 2.82 bits per heavy atom. The molecule has 0 radical (unpaired) electrons. The summed E-state index contributed by atoms with van der Waals surface area (Å²) in [5, 5.41) is 11.7. The molecule has 8 nitrogen and oxygen atoms in total. The number of aryl methyl sites for hydroxylation is 2. The highest BCUT2D eigenvalue weighted by Gasteiger charge is 2.31. The highest BCUT2D eigenvalue weighted by Crippen LogP contribution is 2.31. The van der Waals surface area contributed by atoms with Gasteiger partial charge in [-0.05, 0) is 40.5 Å². The minimum atomic E-state index is -0.117. The van der Waals surface area contributed by atoms with E-state index in [1.165, 1.54) is 0 Å². The van der Waals surface area contributed by atoms with Crippen LogP contribution in [0.5, 0.6) is 0 Å². The van der Waals surface area contributed by atoms with Crippen LogP contribution >= 0.6 is 0 Å². The maximum Gasteiger partial charge on any atom is 0.269 e. The van der Waals surface area contributed by atoms with Crippen molar-refractivity contribution in [1.29, 1.82) is 0 Å². The van der Waals surface area contributed by atoms with Gasteiger partial charge in [0, 0.05) is 31.2 Å². The summed E-state index contributed by atoms with van der Waals surface area (Å²) in [7, 11) is 1.64. The molecule has 0 spiro atoms. The van der Waals surface area contributed by atoms with Gasteiger partial charge in [0.15, 0.2) is 0 Å². The fraction of sp³-hybridized carbons (Fsp3) is 0.650. The van der Waals surface area contributed by atoms with Gasteiger partial charge in [0.2, 0.25) is 0 Å². The quantitative estimate of drug-likeness (QED) is 0.697. The number of hydrogen-bond donors (Lipinski definition) is 1. The number of carbonyl (C=O) groups is 1. The molecule has 0 fully saturated rings. The van der Waals surface area contributed by atoms with E-state index in [2.05, 4.69) is 15.6 Å². The molecule has 2 aromatic heterocycles. The van der Waals surface area contributed by atoms with Crippen molar-refractivity contribution in [3.05, 3.63) is 34.0 Å². The number of fused-ring (bicyclic) bond motifs is 1. The Hall–Kier alpha value is -2.19. The van der Waals surface area contributed by atoms with E-state index in [4.69, 9.17) is 14.0 Å². The lowest BCUT2D eigenvalue weighted by atomic mass is 9.99. The SMILES string of the molecule is COCCn1nc2c(c1C(=O)NCCCc1c(C)noc1C)C[C@H](C)O[C@@H]2C. The molecule has 8 heteroatoms. The third-order valence-corrected chi connectivity index (χ3v) is 5.19. The van der Waals surface area contributed by atoms with Gasteiger partial charge in [0.25, 0.3) is 5.91 Å². The molecule has 0 aliphatic carbocycles. The minimum absolute atomic E-state index is 0.0636. The van der Waals surface area contributed by atoms with Crippen molar-refractivity contribution in [1.82, 2.24) is 20.3 Å². The molecular weight excluding hydrogens is 360 g/mol. The molecule has 154 valence electrons. The van der Waals surface area contributed by atoms with Crippen LogP contribution in [0.25, 0.3) is 0 Å². The summed E-state index contributed by atoms with van der Waals surface area (Å²) in [6.45, 7) is 9.47. The normalized spacial score (nSPS) is 18.9. The molecule has 0 saturated heterocycles. The van der Waals surface area contributed by atoms with Crippen molar-refractivity contribution < 1.29 is 18.8 Å². The van der Waals surface area contributed by atoms with Gasteiger partial charge in [-0.2, -0.15) is 5.10 Å². The number of amides is 1. The number of rotatable bonds is 8. The third-order valence-electron chi connectivity index (χ3n) is 5.19. The van der Waals surface area contributed by atoms with Crippen LogP contribution in [-0.2, 0) is 28.9 Å². The second-order valence-electron chi connectivity index (χ2n) is 7.38. The Labute approximate surface area is 165 Å². The zero-order chi connectivity index (χ0) is 20.3. The first-order chi connectivity index (χ1) is 13.4. The van der Waals surface area contributed by atoms with E-state index in [1.54, 1.807) is 11.8 Å². The van der Waals surface area contributed by atoms with Gasteiger partial charge in [0.05, 0.1) is 36.7 Å². The Bertz CT molecular complexity index is 807. The number of nitrogens with one attached hydrogen (secondary N) is 1. The molecular formula is C20H30N4O4. The summed E-state index contributed by atoms with van der Waals surface area (Å²) in [6.07, 6.45) is 2.28. The number of carbonyl (C=O) groups excluding carboxylic acids is 1. The monoisotopic (exact) mass is 390 g/mol. The Balaban J connectivity index is 1.69. The summed E-state index contributed by atoms with van der Waals surface area (Å²) in [6, 6.07) is 0. The average Bonchev–Trinajstić information content (AvgIpc) is 3.17. The largest absolute Gasteiger partial charge is 0.383 e. The Morgan fingerprint density at radius 1 is 1.36 bits per heavy atom. The molecule has 2 atom stereocenters. The van der Waals surface area contributed by atoms with Crippen molar-refractivity contribution in [3.63, 3.8) is 0 Å². The Morgan fingerprint density at radius 2 is 2.14 bits per heavy atom. The van der Waals surface area contributed by atoms with Crippen LogP contribution < -0.4 is 5.32 Å². The molecule has 3 rings (SSSR count). The van der Waals surface area contributed by atoms with Crippen LogP contribution in [0, 0.1) is 13.8 Å². The predicted octanol–water partition coefficient (Wildman–Crippen LogP) is 2.52. The third kappa shape index (κ3) is 4.28. The van der Waals surface area contributed by atoms with Crippen LogP contribution in [0.15, 0.2) is 4.52 Å². The van der Waals surface area contributed by atoms with Crippen molar-refractivity contribution in [2.24, 2.45) is 0 Å². The lowest BCUT2D eigenvalue weighted by Crippen LogP contribution is -2.30. The zero-order valence-corrected chi connectivity index (χ0v) is 17.4. The number of ether oxygens (including phenoxy) is 2. The lowest BCUT2D eigenvalue weighted by molar-refractivity contribution is -0.00716. The van der Waals surface area contributed by atoms with Gasteiger partial charge in [0.1, 0.15) is 11.5 Å². The summed E-state index contributed by atoms with van der Waals surface area (Å²) in [4.78, 5) is 13.0. The van der Waals surface area contributed by atoms with E-state index in [1.807, 2.05) is 27.7 Å². The zero-order valence-electron chi connectivity index (χ0n) is 17.4. The Kier molecular flexibility index (Phi) is 6.51. The van der Waals surface area contributed by atoms with E-state index in [-0.39, 0.29) is 18.1 Å². The molecule has 1 aliphatic rings. The maximum atomic E-state index is 13.0. The van der Waals surface area contributed by atoms with Crippen LogP contribution in [0.1, 0.15) is 65.1 Å². The first-order valence-corrected chi connectivity index (χ1v) is 9.86. The molecule has 3 heterocycles. The number of nitrogens with zero attached hydrogens (tertiary/aromatic N) is 3. The molecule has 1 N–H and O–H groups in total. The second-order valence-corrected chi connectivity index (χ2v) is 7.38. The van der Waals surface area contributed by atoms with E-state index in [9.17, 15) is 4.79 Å². The van der Waals surface area contributed by atoms with Crippen molar-refractivity contribution in [2.45, 2.75) is 65.7 Å². The number of methoxy groups -OCH3 is 1. The summed E-state index contributed by atoms with van der Waals surface area (Å²) in [5.74, 6) is 0.753. The predicted molar refractivity (Wildman–Crippen MR) is 103 cm³/mol. The molecule has 1 aliphatic heterocycles. The van der Waals surface area contributed by atoms with Gasteiger partial charge in [-0.1, -0.05) is 5.16 Å². The van der Waals surface area contributed by atoms with Crippen LogP contribution in [0.2, 0.25) is 0 Å². The smallest absolute Gasteiger partial charge is 0.269 e. The van der Waals surface area contributed by atoms with E-state index >= 15 is 0 Å². The lowest BCUT2D eigenvalue weighted by Gasteiger charge is -2.24. The molecule has 0 unspecified atom stereocenters. The van der Waals surface area contributed by atoms with E-state index < -0.39 is 0 Å². The molecule has 2 aromatic rings. The summed E-state index contributed by atoms with van der Waals surface area (Å²) >= 11 is 0. The van der Waals surface area contributed by atoms with Gasteiger partial charge in [-0.3, -0.25) is 9.48 Å². The van der Waals surface area contributed by atoms with Gasteiger partial charge < -0.3 is 19.3 Å². The van der Waals surface area contributed by atoms with Crippen LogP contribution in [0.3, 0.4) is 0 Å². The molecule has 0 saturated carbocycles. The molecule has 0 aromatic carbocycles. The first-order valence-electron chi connectivity index (χ1n) is 9.86. The summed E-state index contributed by atoms with van der Waals surface area (Å²) in [5.41, 5.74) is 4.52. The minimum Gasteiger partial charge on any atom is -0.383 e. The first kappa shape index (κ1) is 20.5. The fourth-order valence-electron chi connectivity index (χ4n) is 3.80. The van der Waals surface area contributed by atoms with E-state index in [0.29, 0.717) is 31.8 Å². The highest BCUT2D eigenvalue weighted by atomic mass is 16.5. The van der Waals surface area contributed by atoms with E-state index in [0.717, 1.165) is 41.1 Å². The second kappa shape index (κ2) is 8.87. The van der Waals surface area contributed by atoms with Crippen molar-refractivity contribution in [3.8, 4) is 0 Å². The maximum absolute atomic E-state index is 13.0. The highest BCUT2D eigenvalue weighted by molar-refractivity contribution is 5.94. The van der Waals surface area contributed by atoms with Gasteiger partial charge >= 0.3 is 0 Å². The fourth-order valence-corrected chi connectivity index (χ4v) is 3.80. The standard InChI is InChI=1S/C20H30N4O4/c1-12-11-17-18(15(4)27-12)22-24(9-10-26-5)19(17)20(25)21-8-6-7-16-13(2)23-28-14(16)3/h12,15H,6-11H2,1-5H3,(H,21,25)/t12-,15+/m0/s1. The van der Waals surface area contributed by atoms with Crippen LogP contribution in [-0.4, -0.2) is 47.2 Å². The topological polar surface area (TPSA) is 91.4 Å². The van der Waals surface area contributed by atoms with Crippen LogP contribution in [0.4, 0.5) is 0 Å². The van der Waals surface area contributed by atoms with Gasteiger partial charge in [-0.25, -0.2) is 0 Å². The summed E-state index contributed by atoms with van der Waals surface area (Å²) < 4.78 is 18.0. The number of aromatic nitrogens is 3.